The lowest BCUT2D eigenvalue weighted by molar-refractivity contribution is -0.136. The molecule has 26 heavy (non-hydrogen) atoms. The summed E-state index contributed by atoms with van der Waals surface area (Å²) in [5, 5.41) is 10.4. The van der Waals surface area contributed by atoms with Gasteiger partial charge in [-0.1, -0.05) is 26.0 Å². The van der Waals surface area contributed by atoms with E-state index in [1.54, 1.807) is 50.4 Å². The standard InChI is InChI=1S/C10H12N2O2.C5H6N2.C3H6O2/c1-2-9(13)12-8-5-3-4-7(6-8)10(11)14;6-5-3-1-2-4-7-5;1-2-3(4)5/h3-6H,2H2,1H3,(H2,11,14)(H,12,13);1-4H,(H2,6,7);2H2,1H3,(H,4,5). The first-order chi connectivity index (χ1) is 12.3. The van der Waals surface area contributed by atoms with E-state index in [9.17, 15) is 14.4 Å². The summed E-state index contributed by atoms with van der Waals surface area (Å²) in [6.07, 6.45) is 2.29. The molecule has 6 N–H and O–H groups in total. The number of carbonyl (C=O) groups excluding carboxylic acids is 2. The number of primary amides is 1. The average Bonchev–Trinajstić information content (AvgIpc) is 2.63. The number of nitrogens with one attached hydrogen (secondary N) is 1. The van der Waals surface area contributed by atoms with Crippen LogP contribution in [0.3, 0.4) is 0 Å². The number of anilines is 2. The van der Waals surface area contributed by atoms with Crippen molar-refractivity contribution in [3.63, 3.8) is 0 Å². The minimum absolute atomic E-state index is 0.0911. The topological polar surface area (TPSA) is 148 Å². The van der Waals surface area contributed by atoms with E-state index in [2.05, 4.69) is 10.3 Å². The van der Waals surface area contributed by atoms with E-state index in [1.165, 1.54) is 0 Å². The third-order valence-electron chi connectivity index (χ3n) is 2.74. The number of nitrogens with zero attached hydrogens (tertiary/aromatic N) is 1. The van der Waals surface area contributed by atoms with Crippen molar-refractivity contribution in [3.05, 3.63) is 54.2 Å². The van der Waals surface area contributed by atoms with Crippen molar-refractivity contribution in [3.8, 4) is 0 Å². The Morgan fingerprint density at radius 1 is 1.08 bits per heavy atom. The van der Waals surface area contributed by atoms with Crippen LogP contribution in [0.4, 0.5) is 11.5 Å². The lowest BCUT2D eigenvalue weighted by Gasteiger charge is -2.03. The number of nitrogens with two attached hydrogens (primary N) is 2. The van der Waals surface area contributed by atoms with Crippen molar-refractivity contribution >= 4 is 29.3 Å². The van der Waals surface area contributed by atoms with Crippen molar-refractivity contribution in [2.45, 2.75) is 26.7 Å². The summed E-state index contributed by atoms with van der Waals surface area (Å²) in [5.74, 6) is -0.767. The summed E-state index contributed by atoms with van der Waals surface area (Å²) in [4.78, 5) is 35.0. The molecule has 1 aromatic carbocycles. The van der Waals surface area contributed by atoms with Gasteiger partial charge in [0.1, 0.15) is 5.82 Å². The Labute approximate surface area is 152 Å². The lowest BCUT2D eigenvalue weighted by atomic mass is 10.2. The third kappa shape index (κ3) is 11.2. The Hall–Kier alpha value is -3.42. The van der Waals surface area contributed by atoms with Gasteiger partial charge in [0, 0.05) is 30.3 Å². The molecule has 0 fully saturated rings. The van der Waals surface area contributed by atoms with Crippen LogP contribution in [0, 0.1) is 0 Å². The van der Waals surface area contributed by atoms with Crippen LogP contribution in [-0.2, 0) is 9.59 Å². The second-order valence-electron chi connectivity index (χ2n) is 4.85. The van der Waals surface area contributed by atoms with Gasteiger partial charge in [0.05, 0.1) is 0 Å². The number of benzene rings is 1. The molecule has 0 bridgehead atoms. The molecular formula is C18H24N4O4. The van der Waals surface area contributed by atoms with Gasteiger partial charge in [-0.3, -0.25) is 14.4 Å². The zero-order valence-electron chi connectivity index (χ0n) is 14.8. The zero-order valence-corrected chi connectivity index (χ0v) is 14.8. The van der Waals surface area contributed by atoms with Crippen molar-refractivity contribution in [2.24, 2.45) is 5.73 Å². The highest BCUT2D eigenvalue weighted by Crippen LogP contribution is 2.10. The molecule has 0 saturated carbocycles. The first-order valence-electron chi connectivity index (χ1n) is 7.88. The van der Waals surface area contributed by atoms with Gasteiger partial charge in [0.15, 0.2) is 0 Å². The molecule has 0 aliphatic heterocycles. The van der Waals surface area contributed by atoms with E-state index >= 15 is 0 Å². The van der Waals surface area contributed by atoms with Gasteiger partial charge in [-0.25, -0.2) is 4.98 Å². The smallest absolute Gasteiger partial charge is 0.303 e. The largest absolute Gasteiger partial charge is 0.481 e. The molecule has 2 amide bonds. The Kier molecular flexibility index (Phi) is 11.2. The Balaban J connectivity index is 0.000000431. The Morgan fingerprint density at radius 2 is 1.73 bits per heavy atom. The minimum atomic E-state index is -0.745. The van der Waals surface area contributed by atoms with E-state index in [0.717, 1.165) is 0 Å². The number of amides is 2. The summed E-state index contributed by atoms with van der Waals surface area (Å²) in [6.45, 7) is 3.36. The molecule has 140 valence electrons. The van der Waals surface area contributed by atoms with Gasteiger partial charge in [-0.2, -0.15) is 0 Å². The van der Waals surface area contributed by atoms with E-state index in [-0.39, 0.29) is 12.3 Å². The SMILES string of the molecule is CCC(=O)Nc1cccc(C(N)=O)c1.CCC(=O)O.Nc1ccccn1. The second kappa shape index (κ2) is 12.9. The summed E-state index contributed by atoms with van der Waals surface area (Å²) >= 11 is 0. The maximum Gasteiger partial charge on any atom is 0.303 e. The predicted molar refractivity (Wildman–Crippen MR) is 100 cm³/mol. The van der Waals surface area contributed by atoms with Gasteiger partial charge in [-0.15, -0.1) is 0 Å². The summed E-state index contributed by atoms with van der Waals surface area (Å²) in [7, 11) is 0. The molecular weight excluding hydrogens is 336 g/mol. The maximum absolute atomic E-state index is 11.0. The Morgan fingerprint density at radius 3 is 2.12 bits per heavy atom. The maximum atomic E-state index is 11.0. The summed E-state index contributed by atoms with van der Waals surface area (Å²) < 4.78 is 0. The molecule has 0 aliphatic carbocycles. The highest BCUT2D eigenvalue weighted by Gasteiger charge is 2.02. The fourth-order valence-electron chi connectivity index (χ4n) is 1.38. The van der Waals surface area contributed by atoms with E-state index in [4.69, 9.17) is 16.6 Å². The Bertz CT molecular complexity index is 705. The molecule has 8 nitrogen and oxygen atoms in total. The molecule has 2 rings (SSSR count). The third-order valence-corrected chi connectivity index (χ3v) is 2.74. The molecule has 0 aliphatic rings. The monoisotopic (exact) mass is 360 g/mol. The first-order valence-corrected chi connectivity index (χ1v) is 7.88. The molecule has 1 heterocycles. The predicted octanol–water partition coefficient (Wildman–Crippen LogP) is 2.28. The lowest BCUT2D eigenvalue weighted by Crippen LogP contribution is -2.13. The fourth-order valence-corrected chi connectivity index (χ4v) is 1.38. The highest BCUT2D eigenvalue weighted by atomic mass is 16.4. The van der Waals surface area contributed by atoms with E-state index in [0.29, 0.717) is 23.5 Å². The van der Waals surface area contributed by atoms with Crippen molar-refractivity contribution in [1.82, 2.24) is 4.98 Å². The quantitative estimate of drug-likeness (QED) is 0.657. The number of carbonyl (C=O) groups is 3. The number of hydrogen-bond donors (Lipinski definition) is 4. The van der Waals surface area contributed by atoms with Crippen molar-refractivity contribution in [2.75, 3.05) is 11.1 Å². The van der Waals surface area contributed by atoms with Crippen LogP contribution < -0.4 is 16.8 Å². The van der Waals surface area contributed by atoms with Gasteiger partial charge >= 0.3 is 5.97 Å². The van der Waals surface area contributed by atoms with Crippen LogP contribution in [0.2, 0.25) is 0 Å². The highest BCUT2D eigenvalue weighted by molar-refractivity contribution is 5.96. The minimum Gasteiger partial charge on any atom is -0.481 e. The number of carboxylic acids is 1. The number of aromatic nitrogens is 1. The summed E-state index contributed by atoms with van der Waals surface area (Å²) in [5.41, 5.74) is 11.3. The van der Waals surface area contributed by atoms with Gasteiger partial charge in [-0.05, 0) is 30.3 Å². The molecule has 0 spiro atoms. The second-order valence-corrected chi connectivity index (χ2v) is 4.85. The normalized spacial score (nSPS) is 8.85. The van der Waals surface area contributed by atoms with E-state index < -0.39 is 11.9 Å². The molecule has 0 unspecified atom stereocenters. The van der Waals surface area contributed by atoms with Gasteiger partial charge in [0.25, 0.3) is 0 Å². The van der Waals surface area contributed by atoms with Crippen LogP contribution in [0.25, 0.3) is 0 Å². The van der Waals surface area contributed by atoms with E-state index in [1.807, 2.05) is 12.1 Å². The number of rotatable bonds is 4. The van der Waals surface area contributed by atoms with Gasteiger partial charge in [0.2, 0.25) is 11.8 Å². The van der Waals surface area contributed by atoms with Crippen LogP contribution in [0.1, 0.15) is 37.0 Å². The molecule has 2 aromatic rings. The number of nitrogen functional groups attached to an aromatic ring is 1. The van der Waals surface area contributed by atoms with Gasteiger partial charge < -0.3 is 21.9 Å². The van der Waals surface area contributed by atoms with Crippen LogP contribution in [-0.4, -0.2) is 27.9 Å². The number of pyridine rings is 1. The molecule has 1 aromatic heterocycles. The van der Waals surface area contributed by atoms with Crippen molar-refractivity contribution in [1.29, 1.82) is 0 Å². The van der Waals surface area contributed by atoms with Crippen molar-refractivity contribution < 1.29 is 19.5 Å². The zero-order chi connectivity index (χ0) is 19.9. The average molecular weight is 360 g/mol. The fraction of sp³-hybridized carbons (Fsp3) is 0.222. The summed E-state index contributed by atoms with van der Waals surface area (Å²) in [6, 6.07) is 12.0. The molecule has 0 radical (unpaired) electrons. The molecule has 0 atom stereocenters. The molecule has 0 saturated heterocycles. The van der Waals surface area contributed by atoms with Crippen LogP contribution in [0.5, 0.6) is 0 Å². The molecule has 8 heteroatoms. The first kappa shape index (κ1) is 22.6. The van der Waals surface area contributed by atoms with Crippen LogP contribution >= 0.6 is 0 Å². The van der Waals surface area contributed by atoms with Crippen LogP contribution in [0.15, 0.2) is 48.7 Å². The number of aliphatic carboxylic acids is 1. The number of hydrogen-bond acceptors (Lipinski definition) is 5. The number of carboxylic acid groups (broad SMARTS) is 1.